The van der Waals surface area contributed by atoms with E-state index < -0.39 is 0 Å². The average molecular weight is 298 g/mol. The summed E-state index contributed by atoms with van der Waals surface area (Å²) < 4.78 is 0. The molecule has 1 aromatic carbocycles. The van der Waals surface area contributed by atoms with Gasteiger partial charge >= 0.3 is 0 Å². The molecule has 0 radical (unpaired) electrons. The molecular formula is C18H26N4. The predicted octanol–water partition coefficient (Wildman–Crippen LogP) is 3.26. The number of hydrogen-bond acceptors (Lipinski definition) is 1. The molecule has 1 aliphatic carbocycles. The Morgan fingerprint density at radius 1 is 1.27 bits per heavy atom. The van der Waals surface area contributed by atoms with E-state index in [-0.39, 0.29) is 0 Å². The van der Waals surface area contributed by atoms with E-state index >= 15 is 0 Å². The van der Waals surface area contributed by atoms with Crippen LogP contribution < -0.4 is 11.1 Å². The number of rotatable bonds is 4. The van der Waals surface area contributed by atoms with Crippen molar-refractivity contribution in [2.75, 3.05) is 6.54 Å². The van der Waals surface area contributed by atoms with Gasteiger partial charge < -0.3 is 16.0 Å². The van der Waals surface area contributed by atoms with E-state index in [1.54, 1.807) is 0 Å². The molecule has 1 aromatic heterocycles. The van der Waals surface area contributed by atoms with Crippen molar-refractivity contribution in [3.05, 3.63) is 35.5 Å². The molecule has 0 spiro atoms. The third-order valence-electron chi connectivity index (χ3n) is 4.63. The first-order chi connectivity index (χ1) is 10.7. The van der Waals surface area contributed by atoms with E-state index in [1.165, 1.54) is 54.3 Å². The zero-order valence-electron chi connectivity index (χ0n) is 13.4. The van der Waals surface area contributed by atoms with Gasteiger partial charge in [-0.2, -0.15) is 0 Å². The van der Waals surface area contributed by atoms with Gasteiger partial charge in [0.2, 0.25) is 0 Å². The lowest BCUT2D eigenvalue weighted by molar-refractivity contribution is 0.412. The van der Waals surface area contributed by atoms with Crippen LogP contribution in [0.2, 0.25) is 0 Å². The molecule has 0 aliphatic heterocycles. The van der Waals surface area contributed by atoms with Crippen molar-refractivity contribution in [1.29, 1.82) is 0 Å². The maximum Gasteiger partial charge on any atom is 0.188 e. The summed E-state index contributed by atoms with van der Waals surface area (Å²) in [7, 11) is 0. The van der Waals surface area contributed by atoms with Crippen molar-refractivity contribution in [1.82, 2.24) is 10.3 Å². The third kappa shape index (κ3) is 3.43. The summed E-state index contributed by atoms with van der Waals surface area (Å²) in [5, 5.41) is 4.67. The summed E-state index contributed by atoms with van der Waals surface area (Å²) in [6, 6.07) is 8.95. The normalized spacial score (nSPS) is 17.0. The van der Waals surface area contributed by atoms with Gasteiger partial charge in [-0.1, -0.05) is 37.5 Å². The zero-order chi connectivity index (χ0) is 15.4. The van der Waals surface area contributed by atoms with Gasteiger partial charge in [0.25, 0.3) is 0 Å². The lowest BCUT2D eigenvalue weighted by Gasteiger charge is -2.23. The number of guanidine groups is 1. The monoisotopic (exact) mass is 298 g/mol. The fraction of sp³-hybridized carbons (Fsp3) is 0.500. The second-order valence-corrected chi connectivity index (χ2v) is 6.27. The number of H-pyrrole nitrogens is 1. The molecule has 4 heteroatoms. The second-order valence-electron chi connectivity index (χ2n) is 6.27. The highest BCUT2D eigenvalue weighted by atomic mass is 15.1. The third-order valence-corrected chi connectivity index (χ3v) is 4.63. The molecule has 1 aliphatic rings. The van der Waals surface area contributed by atoms with Gasteiger partial charge in [-0.15, -0.1) is 0 Å². The van der Waals surface area contributed by atoms with Crippen molar-refractivity contribution >= 4 is 16.9 Å². The van der Waals surface area contributed by atoms with Crippen LogP contribution in [0.3, 0.4) is 0 Å². The van der Waals surface area contributed by atoms with Crippen LogP contribution in [0, 0.1) is 6.92 Å². The van der Waals surface area contributed by atoms with Gasteiger partial charge in [-0.05, 0) is 37.8 Å². The number of benzene rings is 1. The van der Waals surface area contributed by atoms with E-state index in [9.17, 15) is 0 Å². The highest BCUT2D eigenvalue weighted by molar-refractivity contribution is 5.84. The van der Waals surface area contributed by atoms with Gasteiger partial charge in [-0.25, -0.2) is 0 Å². The van der Waals surface area contributed by atoms with Crippen LogP contribution in [-0.4, -0.2) is 23.5 Å². The SMILES string of the molecule is Cc1[nH]c2ccccc2c1CCN=C(N)NC1CCCCC1. The quantitative estimate of drug-likeness (QED) is 0.599. The first kappa shape index (κ1) is 14.9. The number of hydrogen-bond donors (Lipinski definition) is 3. The van der Waals surface area contributed by atoms with Crippen LogP contribution in [0.4, 0.5) is 0 Å². The Morgan fingerprint density at radius 3 is 2.86 bits per heavy atom. The smallest absolute Gasteiger partial charge is 0.188 e. The molecule has 1 saturated carbocycles. The van der Waals surface area contributed by atoms with Crippen LogP contribution in [0.25, 0.3) is 10.9 Å². The zero-order valence-corrected chi connectivity index (χ0v) is 13.4. The number of aliphatic imine (C=N–C) groups is 1. The number of aromatic nitrogens is 1. The first-order valence-electron chi connectivity index (χ1n) is 8.36. The van der Waals surface area contributed by atoms with Crippen molar-refractivity contribution in [3.8, 4) is 0 Å². The number of nitrogens with one attached hydrogen (secondary N) is 2. The fourth-order valence-corrected chi connectivity index (χ4v) is 3.45. The van der Waals surface area contributed by atoms with Crippen LogP contribution in [0.15, 0.2) is 29.3 Å². The molecule has 0 saturated heterocycles. The minimum atomic E-state index is 0.521. The Morgan fingerprint density at radius 2 is 2.05 bits per heavy atom. The highest BCUT2D eigenvalue weighted by Crippen LogP contribution is 2.22. The number of fused-ring (bicyclic) bond motifs is 1. The van der Waals surface area contributed by atoms with E-state index in [2.05, 4.69) is 46.5 Å². The van der Waals surface area contributed by atoms with E-state index in [0.29, 0.717) is 12.0 Å². The average Bonchev–Trinajstić information content (AvgIpc) is 2.84. The molecule has 0 bridgehead atoms. The second kappa shape index (κ2) is 6.86. The van der Waals surface area contributed by atoms with Crippen LogP contribution in [0.1, 0.15) is 43.4 Å². The van der Waals surface area contributed by atoms with Crippen molar-refractivity contribution in [2.45, 2.75) is 51.5 Å². The molecule has 4 nitrogen and oxygen atoms in total. The summed E-state index contributed by atoms with van der Waals surface area (Å²) in [5.41, 5.74) is 9.81. The summed E-state index contributed by atoms with van der Waals surface area (Å²) in [6.45, 7) is 2.86. The molecular weight excluding hydrogens is 272 g/mol. The van der Waals surface area contributed by atoms with Crippen LogP contribution >= 0.6 is 0 Å². The van der Waals surface area contributed by atoms with Crippen molar-refractivity contribution in [3.63, 3.8) is 0 Å². The Hall–Kier alpha value is -1.97. The molecule has 118 valence electrons. The number of nitrogens with zero attached hydrogens (tertiary/aromatic N) is 1. The molecule has 1 heterocycles. The highest BCUT2D eigenvalue weighted by Gasteiger charge is 2.13. The van der Waals surface area contributed by atoms with Gasteiger partial charge in [0, 0.05) is 29.2 Å². The summed E-state index contributed by atoms with van der Waals surface area (Å²) >= 11 is 0. The molecule has 1 fully saturated rings. The number of aromatic amines is 1. The number of para-hydroxylation sites is 1. The molecule has 0 amide bonds. The summed E-state index contributed by atoms with van der Waals surface area (Å²) in [6.07, 6.45) is 7.33. The summed E-state index contributed by atoms with van der Waals surface area (Å²) in [4.78, 5) is 7.95. The van der Waals surface area contributed by atoms with Crippen LogP contribution in [-0.2, 0) is 6.42 Å². The van der Waals surface area contributed by atoms with E-state index in [0.717, 1.165) is 13.0 Å². The van der Waals surface area contributed by atoms with E-state index in [1.807, 2.05) is 0 Å². The number of nitrogens with two attached hydrogens (primary N) is 1. The summed E-state index contributed by atoms with van der Waals surface area (Å²) in [5.74, 6) is 0.601. The van der Waals surface area contributed by atoms with Gasteiger partial charge in [0.1, 0.15) is 0 Å². The van der Waals surface area contributed by atoms with Crippen molar-refractivity contribution < 1.29 is 0 Å². The molecule has 0 atom stereocenters. The molecule has 4 N–H and O–H groups in total. The Labute approximate surface area is 132 Å². The van der Waals surface area contributed by atoms with Gasteiger partial charge in [0.05, 0.1) is 0 Å². The Bertz CT molecular complexity index is 650. The maximum atomic E-state index is 6.03. The molecule has 0 unspecified atom stereocenters. The van der Waals surface area contributed by atoms with Crippen molar-refractivity contribution in [2.24, 2.45) is 10.7 Å². The van der Waals surface area contributed by atoms with Crippen LogP contribution in [0.5, 0.6) is 0 Å². The molecule has 22 heavy (non-hydrogen) atoms. The van der Waals surface area contributed by atoms with Gasteiger partial charge in [-0.3, -0.25) is 4.99 Å². The minimum absolute atomic E-state index is 0.521. The van der Waals surface area contributed by atoms with E-state index in [4.69, 9.17) is 5.73 Å². The standard InChI is InChI=1S/C18H26N4/c1-13-15(16-9-5-6-10-17(16)21-13)11-12-20-18(19)22-14-7-3-2-4-8-14/h5-6,9-10,14,21H,2-4,7-8,11-12H2,1H3,(H3,19,20,22). The maximum absolute atomic E-state index is 6.03. The Balaban J connectivity index is 1.59. The molecule has 3 rings (SSSR count). The lowest BCUT2D eigenvalue weighted by Crippen LogP contribution is -2.41. The van der Waals surface area contributed by atoms with Gasteiger partial charge in [0.15, 0.2) is 5.96 Å². The molecule has 2 aromatic rings. The largest absolute Gasteiger partial charge is 0.370 e. The minimum Gasteiger partial charge on any atom is -0.370 e. The lowest BCUT2D eigenvalue weighted by atomic mass is 9.96. The Kier molecular flexibility index (Phi) is 4.66. The number of aryl methyl sites for hydroxylation is 1. The predicted molar refractivity (Wildman–Crippen MR) is 93.2 cm³/mol. The first-order valence-corrected chi connectivity index (χ1v) is 8.36. The topological polar surface area (TPSA) is 66.2 Å². The fourth-order valence-electron chi connectivity index (χ4n) is 3.45.